The van der Waals surface area contributed by atoms with E-state index in [9.17, 15) is 14.7 Å². The zero-order valence-corrected chi connectivity index (χ0v) is 14.6. The number of rotatable bonds is 7. The van der Waals surface area contributed by atoms with Crippen molar-refractivity contribution in [3.05, 3.63) is 46.4 Å². The van der Waals surface area contributed by atoms with Gasteiger partial charge in [0.25, 0.3) is 5.91 Å². The number of aromatic nitrogens is 1. The second-order valence-corrected chi connectivity index (χ2v) is 7.23. The van der Waals surface area contributed by atoms with Gasteiger partial charge in [0.2, 0.25) is 5.91 Å². The van der Waals surface area contributed by atoms with E-state index >= 15 is 0 Å². The first-order chi connectivity index (χ1) is 12.1. The number of phenolic OH excluding ortho intramolecular Hbond substituents is 1. The van der Waals surface area contributed by atoms with Crippen molar-refractivity contribution >= 4 is 23.2 Å². The molecule has 1 saturated carbocycles. The van der Waals surface area contributed by atoms with Gasteiger partial charge in [-0.25, -0.2) is 0 Å². The smallest absolute Gasteiger partial charge is 0.263 e. The molecule has 1 aliphatic rings. The number of aryl methyl sites for hydroxylation is 1. The summed E-state index contributed by atoms with van der Waals surface area (Å²) in [7, 11) is 0. The molecular weight excluding hydrogens is 338 g/mol. The number of hydrogen-bond acceptors (Lipinski definition) is 5. The fourth-order valence-corrected chi connectivity index (χ4v) is 3.43. The van der Waals surface area contributed by atoms with Crippen LogP contribution in [0.25, 0.3) is 0 Å². The number of nitrogens with one attached hydrogen (secondary N) is 2. The van der Waals surface area contributed by atoms with Gasteiger partial charge in [0.15, 0.2) is 0 Å². The quantitative estimate of drug-likeness (QED) is 0.706. The molecule has 0 aliphatic heterocycles. The molecule has 132 valence electrons. The number of nitrogens with zero attached hydrogens (tertiary/aromatic N) is 1. The van der Waals surface area contributed by atoms with Crippen LogP contribution >= 0.6 is 11.3 Å². The van der Waals surface area contributed by atoms with Crippen LogP contribution < -0.4 is 10.6 Å². The van der Waals surface area contributed by atoms with E-state index in [1.165, 1.54) is 11.3 Å². The van der Waals surface area contributed by atoms with Crippen molar-refractivity contribution < 1.29 is 14.7 Å². The summed E-state index contributed by atoms with van der Waals surface area (Å²) in [6.07, 6.45) is 4.46. The lowest BCUT2D eigenvalue weighted by Gasteiger charge is -2.35. The van der Waals surface area contributed by atoms with Crippen LogP contribution in [-0.4, -0.2) is 34.5 Å². The second kappa shape index (κ2) is 8.11. The first-order valence-electron chi connectivity index (χ1n) is 8.34. The van der Waals surface area contributed by atoms with Crippen LogP contribution in [-0.2, 0) is 11.2 Å². The van der Waals surface area contributed by atoms with Crippen LogP contribution in [0.2, 0.25) is 0 Å². The maximum Gasteiger partial charge on any atom is 0.263 e. The molecule has 0 saturated heterocycles. The zero-order chi connectivity index (χ0) is 17.6. The first kappa shape index (κ1) is 17.4. The number of amides is 2. The van der Waals surface area contributed by atoms with Gasteiger partial charge < -0.3 is 15.7 Å². The van der Waals surface area contributed by atoms with Gasteiger partial charge in [-0.05, 0) is 42.9 Å². The molecule has 3 N–H and O–H groups in total. The summed E-state index contributed by atoms with van der Waals surface area (Å²) >= 11 is 1.33. The Hall–Kier alpha value is -2.41. The van der Waals surface area contributed by atoms with Crippen molar-refractivity contribution in [2.45, 2.75) is 31.7 Å². The number of carbonyl (C=O) groups is 2. The Kier molecular flexibility index (Phi) is 5.65. The van der Waals surface area contributed by atoms with Crippen LogP contribution in [0.1, 0.15) is 34.5 Å². The lowest BCUT2D eigenvalue weighted by molar-refractivity contribution is -0.122. The van der Waals surface area contributed by atoms with Gasteiger partial charge in [-0.2, -0.15) is 0 Å². The van der Waals surface area contributed by atoms with Crippen molar-refractivity contribution in [2.24, 2.45) is 5.92 Å². The molecular formula is C18H21N3O3S. The maximum absolute atomic E-state index is 12.0. The minimum absolute atomic E-state index is 0.0465. The van der Waals surface area contributed by atoms with E-state index < -0.39 is 0 Å². The molecule has 0 atom stereocenters. The molecule has 1 fully saturated rings. The number of carbonyl (C=O) groups excluding carboxylic acids is 2. The molecule has 1 aromatic carbocycles. The Bertz CT molecular complexity index is 710. The van der Waals surface area contributed by atoms with Crippen LogP contribution in [0.15, 0.2) is 36.0 Å². The summed E-state index contributed by atoms with van der Waals surface area (Å²) in [4.78, 5) is 28.3. The molecule has 2 amide bonds. The highest BCUT2D eigenvalue weighted by atomic mass is 32.1. The maximum atomic E-state index is 12.0. The molecule has 0 bridgehead atoms. The molecule has 2 aromatic rings. The molecule has 7 heteroatoms. The topological polar surface area (TPSA) is 91.3 Å². The Morgan fingerprint density at radius 3 is 2.68 bits per heavy atom. The number of phenols is 1. The Labute approximate surface area is 150 Å². The molecule has 6 nitrogen and oxygen atoms in total. The Morgan fingerprint density at radius 1 is 1.24 bits per heavy atom. The zero-order valence-electron chi connectivity index (χ0n) is 13.8. The number of aromatic hydroxyl groups is 1. The highest BCUT2D eigenvalue weighted by Gasteiger charge is 2.30. The van der Waals surface area contributed by atoms with Crippen molar-refractivity contribution in [1.29, 1.82) is 0 Å². The predicted molar refractivity (Wildman–Crippen MR) is 95.5 cm³/mol. The third-order valence-corrected chi connectivity index (χ3v) is 5.16. The van der Waals surface area contributed by atoms with Gasteiger partial charge in [0, 0.05) is 19.0 Å². The van der Waals surface area contributed by atoms with E-state index in [-0.39, 0.29) is 23.6 Å². The third kappa shape index (κ3) is 5.03. The largest absolute Gasteiger partial charge is 0.508 e. The van der Waals surface area contributed by atoms with Gasteiger partial charge in [-0.15, -0.1) is 11.3 Å². The van der Waals surface area contributed by atoms with Gasteiger partial charge in [-0.3, -0.25) is 14.6 Å². The van der Waals surface area contributed by atoms with E-state index in [2.05, 4.69) is 15.6 Å². The minimum Gasteiger partial charge on any atom is -0.508 e. The molecule has 0 spiro atoms. The summed E-state index contributed by atoms with van der Waals surface area (Å²) in [5, 5.41) is 15.2. The summed E-state index contributed by atoms with van der Waals surface area (Å²) in [5.74, 6) is 0.615. The van der Waals surface area contributed by atoms with Crippen molar-refractivity contribution in [3.63, 3.8) is 0 Å². The van der Waals surface area contributed by atoms with Crippen LogP contribution in [0.4, 0.5) is 0 Å². The van der Waals surface area contributed by atoms with Crippen molar-refractivity contribution in [2.75, 3.05) is 6.54 Å². The number of hydrogen-bond donors (Lipinski definition) is 3. The molecule has 0 radical (unpaired) electrons. The summed E-state index contributed by atoms with van der Waals surface area (Å²) in [5.41, 5.74) is 2.67. The lowest BCUT2D eigenvalue weighted by atomic mass is 9.80. The number of thiazole rings is 1. The van der Waals surface area contributed by atoms with Crippen LogP contribution in [0.5, 0.6) is 5.75 Å². The van der Waals surface area contributed by atoms with Crippen LogP contribution in [0.3, 0.4) is 0 Å². The first-order valence-corrected chi connectivity index (χ1v) is 9.22. The Morgan fingerprint density at radius 2 is 2.00 bits per heavy atom. The van der Waals surface area contributed by atoms with Gasteiger partial charge in [-0.1, -0.05) is 12.1 Å². The molecule has 1 aromatic heterocycles. The molecule has 0 unspecified atom stereocenters. The summed E-state index contributed by atoms with van der Waals surface area (Å²) < 4.78 is 0. The van der Waals surface area contributed by atoms with Crippen LogP contribution in [0, 0.1) is 5.92 Å². The van der Waals surface area contributed by atoms with E-state index in [0.29, 0.717) is 30.2 Å². The summed E-state index contributed by atoms with van der Waals surface area (Å²) in [6, 6.07) is 7.12. The van der Waals surface area contributed by atoms with Gasteiger partial charge >= 0.3 is 0 Å². The third-order valence-electron chi connectivity index (χ3n) is 4.39. The fraction of sp³-hybridized carbons (Fsp3) is 0.389. The normalized spacial score (nSPS) is 19.0. The minimum atomic E-state index is -0.0797. The monoisotopic (exact) mass is 359 g/mol. The second-order valence-electron chi connectivity index (χ2n) is 6.34. The highest BCUT2D eigenvalue weighted by Crippen LogP contribution is 2.27. The SMILES string of the molecule is O=C(CCc1ccc(O)cc1)NC1CC(CNC(=O)c2cncs2)C1. The Balaban J connectivity index is 1.30. The van der Waals surface area contributed by atoms with Crippen molar-refractivity contribution in [3.8, 4) is 5.75 Å². The lowest BCUT2D eigenvalue weighted by Crippen LogP contribution is -2.47. The average Bonchev–Trinajstić information content (AvgIpc) is 3.10. The van der Waals surface area contributed by atoms with E-state index in [4.69, 9.17) is 0 Å². The number of benzene rings is 1. The van der Waals surface area contributed by atoms with Gasteiger partial charge in [0.05, 0.1) is 11.7 Å². The standard InChI is InChI=1S/C18H21N3O3S/c22-15-4-1-12(2-5-15)3-6-17(23)21-14-7-13(8-14)9-20-18(24)16-10-19-11-25-16/h1-2,4-5,10-11,13-14,22H,3,6-9H2,(H,20,24)(H,21,23). The van der Waals surface area contributed by atoms with Crippen molar-refractivity contribution in [1.82, 2.24) is 15.6 Å². The predicted octanol–water partition coefficient (Wildman–Crippen LogP) is 2.11. The van der Waals surface area contributed by atoms with Gasteiger partial charge in [0.1, 0.15) is 10.6 Å². The molecule has 1 aliphatic carbocycles. The fourth-order valence-electron chi connectivity index (χ4n) is 2.89. The summed E-state index contributed by atoms with van der Waals surface area (Å²) in [6.45, 7) is 0.636. The average molecular weight is 359 g/mol. The van der Waals surface area contributed by atoms with E-state index in [1.807, 2.05) is 12.1 Å². The molecule has 3 rings (SSSR count). The molecule has 25 heavy (non-hydrogen) atoms. The van der Waals surface area contributed by atoms with E-state index in [1.54, 1.807) is 23.8 Å². The van der Waals surface area contributed by atoms with E-state index in [0.717, 1.165) is 18.4 Å². The molecule has 1 heterocycles. The highest BCUT2D eigenvalue weighted by molar-refractivity contribution is 7.11.